The summed E-state index contributed by atoms with van der Waals surface area (Å²) in [7, 11) is -4.35. The third kappa shape index (κ3) is 4.55. The molecule has 1 aliphatic rings. The van der Waals surface area contributed by atoms with Gasteiger partial charge in [-0.2, -0.15) is 26.3 Å². The van der Waals surface area contributed by atoms with Crippen LogP contribution in [0.1, 0.15) is 12.0 Å². The first kappa shape index (κ1) is 19.6. The van der Waals surface area contributed by atoms with E-state index in [4.69, 9.17) is 9.90 Å². The van der Waals surface area contributed by atoms with E-state index in [1.54, 1.807) is 18.2 Å². The maximum Gasteiger partial charge on any atom is 0.490 e. The SMILES string of the molecule is O=C(O)C(F)(F)F.O=S(=O)(O)C1(c2ccc[n+]([O-])c2)C=CC=CC1. The monoisotopic (exact) mass is 367 g/mol. The number of hydrogen-bond donors (Lipinski definition) is 2. The molecule has 7 nitrogen and oxygen atoms in total. The molecule has 0 aromatic carbocycles. The summed E-state index contributed by atoms with van der Waals surface area (Å²) in [6, 6.07) is 2.95. The van der Waals surface area contributed by atoms with Crippen molar-refractivity contribution in [3.05, 3.63) is 59.6 Å². The van der Waals surface area contributed by atoms with Gasteiger partial charge in [-0.25, -0.2) is 4.79 Å². The van der Waals surface area contributed by atoms with Crippen LogP contribution in [0, 0.1) is 5.21 Å². The van der Waals surface area contributed by atoms with Crippen LogP contribution < -0.4 is 4.73 Å². The molecule has 2 N–H and O–H groups in total. The van der Waals surface area contributed by atoms with E-state index >= 15 is 0 Å². The number of hydrogen-bond acceptors (Lipinski definition) is 4. The number of aliphatic carboxylic acids is 1. The summed E-state index contributed by atoms with van der Waals surface area (Å²) in [5.74, 6) is -2.76. The Bertz CT molecular complexity index is 772. The maximum atomic E-state index is 11.6. The second kappa shape index (κ2) is 7.01. The molecule has 0 bridgehead atoms. The number of carboxylic acids is 1. The van der Waals surface area contributed by atoms with Crippen molar-refractivity contribution in [2.24, 2.45) is 0 Å². The van der Waals surface area contributed by atoms with Gasteiger partial charge in [0.05, 0.1) is 0 Å². The lowest BCUT2D eigenvalue weighted by Gasteiger charge is -2.27. The predicted octanol–water partition coefficient (Wildman–Crippen LogP) is 1.55. The van der Waals surface area contributed by atoms with Crippen LogP contribution in [0.25, 0.3) is 0 Å². The van der Waals surface area contributed by atoms with Crippen LogP contribution in [-0.2, 0) is 19.7 Å². The maximum absolute atomic E-state index is 11.6. The Balaban J connectivity index is 0.000000351. The van der Waals surface area contributed by atoms with Crippen molar-refractivity contribution in [2.75, 3.05) is 0 Å². The van der Waals surface area contributed by atoms with Crippen molar-refractivity contribution >= 4 is 16.1 Å². The molecule has 1 aromatic rings. The van der Waals surface area contributed by atoms with Crippen molar-refractivity contribution in [1.29, 1.82) is 0 Å². The van der Waals surface area contributed by atoms with Crippen LogP contribution in [0.5, 0.6) is 0 Å². The minimum absolute atomic E-state index is 0.104. The van der Waals surface area contributed by atoms with Gasteiger partial charge in [0, 0.05) is 11.6 Å². The van der Waals surface area contributed by atoms with Gasteiger partial charge in [0.2, 0.25) is 0 Å². The number of carbonyl (C=O) groups is 1. The van der Waals surface area contributed by atoms with Gasteiger partial charge in [0.1, 0.15) is 4.75 Å². The van der Waals surface area contributed by atoms with Gasteiger partial charge in [-0.05, 0) is 12.5 Å². The van der Waals surface area contributed by atoms with E-state index in [0.717, 1.165) is 6.20 Å². The second-order valence-corrected chi connectivity index (χ2v) is 6.29. The summed E-state index contributed by atoms with van der Waals surface area (Å²) in [6.45, 7) is 0. The van der Waals surface area contributed by atoms with Crippen LogP contribution in [0.2, 0.25) is 0 Å². The van der Waals surface area contributed by atoms with Crippen molar-refractivity contribution < 1.29 is 40.8 Å². The van der Waals surface area contributed by atoms with Gasteiger partial charge in [-0.1, -0.05) is 24.3 Å². The lowest BCUT2D eigenvalue weighted by molar-refractivity contribution is -0.606. The van der Waals surface area contributed by atoms with E-state index in [9.17, 15) is 31.3 Å². The zero-order chi connectivity index (χ0) is 18.6. The van der Waals surface area contributed by atoms with Gasteiger partial charge in [-0.3, -0.25) is 4.55 Å². The molecule has 0 radical (unpaired) electrons. The summed E-state index contributed by atoms with van der Waals surface area (Å²) >= 11 is 0. The Labute approximate surface area is 134 Å². The number of carboxylic acid groups (broad SMARTS) is 1. The molecular weight excluding hydrogens is 355 g/mol. The van der Waals surface area contributed by atoms with Gasteiger partial charge in [0.25, 0.3) is 10.1 Å². The highest BCUT2D eigenvalue weighted by Crippen LogP contribution is 2.36. The minimum atomic E-state index is -5.08. The number of alkyl halides is 3. The molecule has 2 rings (SSSR count). The van der Waals surface area contributed by atoms with Crippen molar-refractivity contribution in [1.82, 2.24) is 0 Å². The number of rotatable bonds is 2. The molecule has 1 aliphatic carbocycles. The molecule has 1 heterocycles. The smallest absolute Gasteiger partial charge is 0.490 e. The lowest BCUT2D eigenvalue weighted by Crippen LogP contribution is -2.37. The average molecular weight is 367 g/mol. The van der Waals surface area contributed by atoms with E-state index in [1.165, 1.54) is 24.4 Å². The van der Waals surface area contributed by atoms with Crippen LogP contribution in [-0.4, -0.2) is 30.2 Å². The minimum Gasteiger partial charge on any atom is -0.619 e. The molecule has 132 valence electrons. The molecule has 0 amide bonds. The van der Waals surface area contributed by atoms with Gasteiger partial charge in [0.15, 0.2) is 12.4 Å². The van der Waals surface area contributed by atoms with E-state index < -0.39 is 27.0 Å². The Kier molecular flexibility index (Phi) is 5.74. The van der Waals surface area contributed by atoms with Crippen LogP contribution >= 0.6 is 0 Å². The first-order chi connectivity index (χ1) is 10.9. The molecule has 0 fully saturated rings. The van der Waals surface area contributed by atoms with Crippen molar-refractivity contribution in [2.45, 2.75) is 17.3 Å². The predicted molar refractivity (Wildman–Crippen MR) is 75.2 cm³/mol. The largest absolute Gasteiger partial charge is 0.619 e. The van der Waals surface area contributed by atoms with E-state index in [2.05, 4.69) is 0 Å². The zero-order valence-corrected chi connectivity index (χ0v) is 12.7. The highest BCUT2D eigenvalue weighted by atomic mass is 32.2. The molecule has 1 aromatic heterocycles. The zero-order valence-electron chi connectivity index (χ0n) is 11.8. The first-order valence-corrected chi connectivity index (χ1v) is 7.65. The fourth-order valence-corrected chi connectivity index (χ4v) is 2.84. The fraction of sp³-hybridized carbons (Fsp3) is 0.231. The highest BCUT2D eigenvalue weighted by molar-refractivity contribution is 7.87. The molecule has 24 heavy (non-hydrogen) atoms. The molecule has 1 unspecified atom stereocenters. The Morgan fingerprint density at radius 3 is 2.29 bits per heavy atom. The third-order valence-corrected chi connectivity index (χ3v) is 4.46. The van der Waals surface area contributed by atoms with Crippen molar-refractivity contribution in [3.8, 4) is 0 Å². The molecular formula is C13H12F3NO6S. The summed E-state index contributed by atoms with van der Waals surface area (Å²) in [5, 5.41) is 18.3. The fourth-order valence-electron chi connectivity index (χ4n) is 1.86. The molecule has 1 atom stereocenters. The van der Waals surface area contributed by atoms with E-state index in [1.807, 2.05) is 0 Å². The number of halogens is 3. The molecule has 0 saturated heterocycles. The number of aromatic nitrogens is 1. The van der Waals surface area contributed by atoms with E-state index in [0.29, 0.717) is 4.73 Å². The molecule has 0 saturated carbocycles. The number of pyridine rings is 1. The number of nitrogens with zero attached hydrogens (tertiary/aromatic N) is 1. The third-order valence-electron chi connectivity index (χ3n) is 3.00. The normalized spacial score (nSPS) is 20.2. The average Bonchev–Trinajstić information content (AvgIpc) is 2.46. The Morgan fingerprint density at radius 2 is 1.92 bits per heavy atom. The first-order valence-electron chi connectivity index (χ1n) is 6.21. The highest BCUT2D eigenvalue weighted by Gasteiger charge is 2.43. The summed E-state index contributed by atoms with van der Waals surface area (Å²) in [6.07, 6.45) is 3.68. The lowest BCUT2D eigenvalue weighted by atomic mass is 9.93. The molecule has 0 aliphatic heterocycles. The summed E-state index contributed by atoms with van der Waals surface area (Å²) in [4.78, 5) is 8.90. The quantitative estimate of drug-likeness (QED) is 0.465. The van der Waals surface area contributed by atoms with Crippen molar-refractivity contribution in [3.63, 3.8) is 0 Å². The van der Waals surface area contributed by atoms with Crippen LogP contribution in [0.3, 0.4) is 0 Å². The van der Waals surface area contributed by atoms with Gasteiger partial charge in [-0.15, -0.1) is 0 Å². The van der Waals surface area contributed by atoms with E-state index in [-0.39, 0.29) is 12.0 Å². The second-order valence-electron chi connectivity index (χ2n) is 4.61. The summed E-state index contributed by atoms with van der Waals surface area (Å²) in [5.41, 5.74) is 0.248. The van der Waals surface area contributed by atoms with Gasteiger partial charge >= 0.3 is 12.1 Å². The standard InChI is InChI=1S/C11H11NO4S.C2HF3O2/c13-12-8-4-5-10(9-12)11(17(14,15)16)6-2-1-3-7-11;3-2(4,5)1(6)7/h1-6,8-9H,7H2,(H,14,15,16);(H,6,7). The Hall–Kier alpha value is -2.40. The number of allylic oxidation sites excluding steroid dienone is 3. The Morgan fingerprint density at radius 1 is 1.33 bits per heavy atom. The van der Waals surface area contributed by atoms with Crippen LogP contribution in [0.15, 0.2) is 48.8 Å². The molecule has 0 spiro atoms. The van der Waals surface area contributed by atoms with Gasteiger partial charge < -0.3 is 10.3 Å². The molecule has 11 heteroatoms. The van der Waals surface area contributed by atoms with Crippen LogP contribution in [0.4, 0.5) is 13.2 Å². The topological polar surface area (TPSA) is 119 Å². The summed E-state index contributed by atoms with van der Waals surface area (Å²) < 4.78 is 63.3.